The molecule has 0 spiro atoms. The van der Waals surface area contributed by atoms with Crippen LogP contribution in [0.1, 0.15) is 17.7 Å². The average Bonchev–Trinajstić information content (AvgIpc) is 3.21. The van der Waals surface area contributed by atoms with Gasteiger partial charge in [0.25, 0.3) is 10.0 Å². The van der Waals surface area contributed by atoms with E-state index >= 15 is 0 Å². The van der Waals surface area contributed by atoms with Gasteiger partial charge in [-0.25, -0.2) is 8.42 Å². The lowest BCUT2D eigenvalue weighted by molar-refractivity contribution is -0.115. The molecule has 8 heteroatoms. The minimum Gasteiger partial charge on any atom is -0.326 e. The molecular weight excluding hydrogens is 346 g/mol. The largest absolute Gasteiger partial charge is 0.326 e. The van der Waals surface area contributed by atoms with Crippen LogP contribution in [0.2, 0.25) is 0 Å². The average molecular weight is 363 g/mol. The first kappa shape index (κ1) is 16.7. The van der Waals surface area contributed by atoms with E-state index in [1.54, 1.807) is 12.1 Å². The highest BCUT2D eigenvalue weighted by Gasteiger charge is 2.18. The van der Waals surface area contributed by atoms with E-state index in [4.69, 9.17) is 0 Å². The van der Waals surface area contributed by atoms with Crippen LogP contribution in [0.15, 0.2) is 51.7 Å². The van der Waals surface area contributed by atoms with Crippen molar-refractivity contribution in [2.75, 3.05) is 11.9 Å². The van der Waals surface area contributed by atoms with Gasteiger partial charge in [0.1, 0.15) is 5.84 Å². The van der Waals surface area contributed by atoms with Crippen LogP contribution < -0.4 is 10.0 Å². The van der Waals surface area contributed by atoms with Crippen LogP contribution in [0.5, 0.6) is 0 Å². The lowest BCUT2D eigenvalue weighted by Crippen LogP contribution is -2.29. The van der Waals surface area contributed by atoms with Crippen molar-refractivity contribution >= 4 is 38.8 Å². The summed E-state index contributed by atoms with van der Waals surface area (Å²) in [5.74, 6) is 0.308. The molecule has 2 N–H and O–H groups in total. The molecule has 2 heterocycles. The van der Waals surface area contributed by atoms with Crippen molar-refractivity contribution < 1.29 is 13.2 Å². The molecule has 1 amide bonds. The van der Waals surface area contributed by atoms with Crippen molar-refractivity contribution in [1.29, 1.82) is 0 Å². The van der Waals surface area contributed by atoms with Gasteiger partial charge < -0.3 is 5.32 Å². The molecule has 0 radical (unpaired) electrons. The fourth-order valence-corrected chi connectivity index (χ4v) is 4.19. The predicted octanol–water partition coefficient (Wildman–Crippen LogP) is 2.40. The molecule has 0 saturated carbocycles. The molecule has 1 aromatic heterocycles. The maximum Gasteiger partial charge on any atom is 0.262 e. The second-order valence-electron chi connectivity index (χ2n) is 5.37. The molecule has 1 aromatic carbocycles. The second kappa shape index (κ2) is 7.14. The minimum absolute atomic E-state index is 0.103. The normalized spacial score (nSPS) is 14.2. The molecule has 6 nitrogen and oxygen atoms in total. The highest BCUT2D eigenvalue weighted by Crippen LogP contribution is 2.17. The minimum atomic E-state index is -3.68. The molecule has 0 atom stereocenters. The van der Waals surface area contributed by atoms with Crippen LogP contribution in [0.25, 0.3) is 0 Å². The molecule has 1 aliphatic heterocycles. The van der Waals surface area contributed by atoms with Crippen LogP contribution in [0, 0.1) is 0 Å². The highest BCUT2D eigenvalue weighted by molar-refractivity contribution is 7.90. The Labute approximate surface area is 144 Å². The van der Waals surface area contributed by atoms with Gasteiger partial charge in [-0.1, -0.05) is 12.1 Å². The van der Waals surface area contributed by atoms with Gasteiger partial charge >= 0.3 is 0 Å². The van der Waals surface area contributed by atoms with Crippen LogP contribution in [0.4, 0.5) is 5.69 Å². The van der Waals surface area contributed by atoms with E-state index in [0.717, 1.165) is 11.3 Å². The molecule has 0 unspecified atom stereocenters. The molecular formula is C16H17N3O3S2. The Morgan fingerprint density at radius 1 is 1.25 bits per heavy atom. The lowest BCUT2D eigenvalue weighted by Gasteiger charge is -2.10. The van der Waals surface area contributed by atoms with E-state index in [-0.39, 0.29) is 17.2 Å². The number of rotatable bonds is 5. The van der Waals surface area contributed by atoms with Crippen molar-refractivity contribution in [1.82, 2.24) is 4.72 Å². The molecule has 0 saturated heterocycles. The smallest absolute Gasteiger partial charge is 0.262 e. The van der Waals surface area contributed by atoms with Gasteiger partial charge in [-0.2, -0.15) is 0 Å². The Balaban J connectivity index is 1.70. The van der Waals surface area contributed by atoms with Gasteiger partial charge in [0, 0.05) is 23.5 Å². The van der Waals surface area contributed by atoms with E-state index < -0.39 is 10.0 Å². The maximum absolute atomic E-state index is 12.4. The number of aliphatic imine (C=N–C) groups is 1. The maximum atomic E-state index is 12.4. The molecule has 2 aromatic rings. The Kier molecular flexibility index (Phi) is 4.96. The zero-order valence-corrected chi connectivity index (χ0v) is 14.5. The molecule has 0 fully saturated rings. The number of sulfonamides is 1. The Morgan fingerprint density at radius 2 is 2.12 bits per heavy atom. The van der Waals surface area contributed by atoms with Crippen LogP contribution >= 0.6 is 11.3 Å². The summed E-state index contributed by atoms with van der Waals surface area (Å²) in [6, 6.07) is 9.98. The first-order chi connectivity index (χ1) is 11.5. The first-order valence-corrected chi connectivity index (χ1v) is 9.88. The van der Waals surface area contributed by atoms with Gasteiger partial charge in [-0.05, 0) is 36.1 Å². The third-order valence-corrected chi connectivity index (χ3v) is 5.72. The van der Waals surface area contributed by atoms with Crippen LogP contribution in [-0.4, -0.2) is 26.7 Å². The first-order valence-electron chi connectivity index (χ1n) is 7.51. The summed E-state index contributed by atoms with van der Waals surface area (Å²) in [6.45, 7) is 0.649. The number of carbonyl (C=O) groups excluding carboxylic acids is 1. The summed E-state index contributed by atoms with van der Waals surface area (Å²) in [5, 5.41) is 4.64. The predicted molar refractivity (Wildman–Crippen MR) is 95.0 cm³/mol. The fraction of sp³-hybridized carbons (Fsp3) is 0.250. The molecule has 3 rings (SSSR count). The molecule has 1 aliphatic rings. The van der Waals surface area contributed by atoms with Crippen molar-refractivity contribution in [3.8, 4) is 0 Å². The van der Waals surface area contributed by atoms with E-state index in [2.05, 4.69) is 15.0 Å². The summed E-state index contributed by atoms with van der Waals surface area (Å²) in [6.07, 6.45) is 1.76. The Hall–Kier alpha value is -2.19. The SMILES string of the molecule is O=C(Cc1cccs1)Nc1cccc(S(=O)(=O)NC2=NCCC2)c1. The zero-order valence-electron chi connectivity index (χ0n) is 12.9. The van der Waals surface area contributed by atoms with Crippen molar-refractivity contribution in [3.05, 3.63) is 46.7 Å². The van der Waals surface area contributed by atoms with Gasteiger partial charge in [-0.15, -0.1) is 11.3 Å². The van der Waals surface area contributed by atoms with E-state index in [0.29, 0.717) is 24.5 Å². The standard InChI is InChI=1S/C16H17N3O3S2/c20-16(11-13-5-3-9-23-13)18-12-4-1-6-14(10-12)24(21,22)19-15-7-2-8-17-15/h1,3-6,9-10H,2,7-8,11H2,(H,17,19)(H,18,20). The number of amidine groups is 1. The number of nitrogens with one attached hydrogen (secondary N) is 2. The Bertz CT molecular complexity index is 858. The van der Waals surface area contributed by atoms with Gasteiger partial charge in [-0.3, -0.25) is 14.5 Å². The van der Waals surface area contributed by atoms with Gasteiger partial charge in [0.05, 0.1) is 11.3 Å². The number of anilines is 1. The summed E-state index contributed by atoms with van der Waals surface area (Å²) in [7, 11) is -3.68. The van der Waals surface area contributed by atoms with Crippen molar-refractivity contribution in [2.45, 2.75) is 24.2 Å². The quantitative estimate of drug-likeness (QED) is 0.855. The van der Waals surface area contributed by atoms with Crippen LogP contribution in [0.3, 0.4) is 0 Å². The summed E-state index contributed by atoms with van der Waals surface area (Å²) < 4.78 is 27.3. The summed E-state index contributed by atoms with van der Waals surface area (Å²) in [4.78, 5) is 17.2. The van der Waals surface area contributed by atoms with Crippen molar-refractivity contribution in [2.24, 2.45) is 4.99 Å². The number of hydrogen-bond acceptors (Lipinski definition) is 5. The third kappa shape index (κ3) is 4.21. The van der Waals surface area contributed by atoms with E-state index in [1.807, 2.05) is 17.5 Å². The number of benzene rings is 1. The topological polar surface area (TPSA) is 87.6 Å². The lowest BCUT2D eigenvalue weighted by atomic mass is 10.3. The molecule has 0 bridgehead atoms. The van der Waals surface area contributed by atoms with E-state index in [1.165, 1.54) is 23.5 Å². The van der Waals surface area contributed by atoms with Gasteiger partial charge in [0.2, 0.25) is 5.91 Å². The number of amides is 1. The molecule has 24 heavy (non-hydrogen) atoms. The second-order valence-corrected chi connectivity index (χ2v) is 8.08. The fourth-order valence-electron chi connectivity index (χ4n) is 2.35. The monoisotopic (exact) mass is 363 g/mol. The van der Waals surface area contributed by atoms with E-state index in [9.17, 15) is 13.2 Å². The number of thiophene rings is 1. The van der Waals surface area contributed by atoms with Gasteiger partial charge in [0.15, 0.2) is 0 Å². The molecule has 126 valence electrons. The zero-order chi connectivity index (χ0) is 17.0. The number of nitrogens with zero attached hydrogens (tertiary/aromatic N) is 1. The number of hydrogen-bond donors (Lipinski definition) is 2. The summed E-state index contributed by atoms with van der Waals surface area (Å²) >= 11 is 1.51. The van der Waals surface area contributed by atoms with Crippen molar-refractivity contribution in [3.63, 3.8) is 0 Å². The molecule has 0 aliphatic carbocycles. The third-order valence-electron chi connectivity index (χ3n) is 3.47. The Morgan fingerprint density at radius 3 is 2.83 bits per heavy atom. The number of carbonyl (C=O) groups is 1. The summed E-state index contributed by atoms with van der Waals surface area (Å²) in [5.41, 5.74) is 0.452. The highest BCUT2D eigenvalue weighted by atomic mass is 32.2. The van der Waals surface area contributed by atoms with Crippen LogP contribution in [-0.2, 0) is 21.2 Å².